The zero-order valence-corrected chi connectivity index (χ0v) is 17.9. The van der Waals surface area contributed by atoms with Gasteiger partial charge in [-0.1, -0.05) is 59.6 Å². The van der Waals surface area contributed by atoms with Crippen LogP contribution in [-0.4, -0.2) is 6.54 Å². The third-order valence-electron chi connectivity index (χ3n) is 5.74. The standard InChI is InChI=1S/C26H27ClFNO/c27-24-11-6-12-25(28)23(24)18-30-26-14-13-20-9-4-5-10-21(20)22(26)17-29-16-15-19-7-2-1-3-8-19/h4-7,9-14,29H,1-3,8,15-18H2. The van der Waals surface area contributed by atoms with E-state index in [0.29, 0.717) is 17.1 Å². The number of rotatable bonds is 8. The van der Waals surface area contributed by atoms with Crippen LogP contribution in [0.2, 0.25) is 5.02 Å². The summed E-state index contributed by atoms with van der Waals surface area (Å²) in [4.78, 5) is 0. The van der Waals surface area contributed by atoms with Crippen molar-refractivity contribution in [3.63, 3.8) is 0 Å². The van der Waals surface area contributed by atoms with E-state index in [0.717, 1.165) is 29.7 Å². The van der Waals surface area contributed by atoms with Gasteiger partial charge in [-0.3, -0.25) is 0 Å². The minimum absolute atomic E-state index is 0.101. The van der Waals surface area contributed by atoms with Crippen LogP contribution in [0.5, 0.6) is 5.75 Å². The van der Waals surface area contributed by atoms with Gasteiger partial charge in [-0.15, -0.1) is 0 Å². The molecule has 3 aromatic rings. The first-order valence-corrected chi connectivity index (χ1v) is 11.0. The fraction of sp³-hybridized carbons (Fsp3) is 0.308. The summed E-state index contributed by atoms with van der Waals surface area (Å²) in [6, 6.07) is 17.0. The average Bonchev–Trinajstić information content (AvgIpc) is 2.77. The van der Waals surface area contributed by atoms with E-state index in [2.05, 4.69) is 23.5 Å². The lowest BCUT2D eigenvalue weighted by molar-refractivity contribution is 0.296. The summed E-state index contributed by atoms with van der Waals surface area (Å²) in [5.74, 6) is 0.418. The molecule has 1 aliphatic carbocycles. The van der Waals surface area contributed by atoms with Gasteiger partial charge in [0, 0.05) is 17.7 Å². The van der Waals surface area contributed by atoms with Crippen LogP contribution in [0, 0.1) is 5.82 Å². The molecule has 156 valence electrons. The van der Waals surface area contributed by atoms with E-state index in [-0.39, 0.29) is 12.4 Å². The quantitative estimate of drug-likeness (QED) is 0.305. The van der Waals surface area contributed by atoms with E-state index >= 15 is 0 Å². The lowest BCUT2D eigenvalue weighted by Crippen LogP contribution is -2.17. The molecule has 2 nitrogen and oxygen atoms in total. The van der Waals surface area contributed by atoms with E-state index in [1.165, 1.54) is 37.1 Å². The van der Waals surface area contributed by atoms with Crippen molar-refractivity contribution in [3.8, 4) is 5.75 Å². The molecule has 4 heteroatoms. The highest BCUT2D eigenvalue weighted by atomic mass is 35.5. The molecule has 0 radical (unpaired) electrons. The Morgan fingerprint density at radius 3 is 2.70 bits per heavy atom. The third kappa shape index (κ3) is 5.03. The number of halogens is 2. The van der Waals surface area contributed by atoms with Crippen LogP contribution >= 0.6 is 11.6 Å². The Morgan fingerprint density at radius 1 is 0.967 bits per heavy atom. The minimum Gasteiger partial charge on any atom is -0.488 e. The minimum atomic E-state index is -0.344. The zero-order valence-electron chi connectivity index (χ0n) is 17.1. The first-order valence-electron chi connectivity index (χ1n) is 10.7. The smallest absolute Gasteiger partial charge is 0.131 e. The van der Waals surface area contributed by atoms with Gasteiger partial charge in [-0.2, -0.15) is 0 Å². The van der Waals surface area contributed by atoms with Crippen LogP contribution in [-0.2, 0) is 13.2 Å². The molecule has 4 rings (SSSR count). The Hall–Kier alpha value is -2.36. The van der Waals surface area contributed by atoms with E-state index in [1.807, 2.05) is 24.3 Å². The van der Waals surface area contributed by atoms with Crippen molar-refractivity contribution in [2.45, 2.75) is 45.3 Å². The predicted molar refractivity (Wildman–Crippen MR) is 123 cm³/mol. The second-order valence-electron chi connectivity index (χ2n) is 7.79. The van der Waals surface area contributed by atoms with Gasteiger partial charge in [0.2, 0.25) is 0 Å². The van der Waals surface area contributed by atoms with Gasteiger partial charge in [0.15, 0.2) is 0 Å². The van der Waals surface area contributed by atoms with Gasteiger partial charge < -0.3 is 10.1 Å². The van der Waals surface area contributed by atoms with Crippen molar-refractivity contribution < 1.29 is 9.13 Å². The molecule has 0 fully saturated rings. The molecule has 0 aliphatic heterocycles. The molecule has 0 atom stereocenters. The molecule has 0 amide bonds. The van der Waals surface area contributed by atoms with Gasteiger partial charge >= 0.3 is 0 Å². The van der Waals surface area contributed by atoms with E-state index in [1.54, 1.807) is 17.7 Å². The van der Waals surface area contributed by atoms with Crippen molar-refractivity contribution in [2.75, 3.05) is 6.54 Å². The van der Waals surface area contributed by atoms with Crippen LogP contribution in [0.4, 0.5) is 4.39 Å². The second kappa shape index (κ2) is 10.1. The van der Waals surface area contributed by atoms with Crippen LogP contribution in [0.3, 0.4) is 0 Å². The first kappa shape index (κ1) is 20.9. The predicted octanol–water partition coefficient (Wildman–Crippen LogP) is 7.19. The highest BCUT2D eigenvalue weighted by molar-refractivity contribution is 6.31. The van der Waals surface area contributed by atoms with Crippen LogP contribution in [0.25, 0.3) is 10.8 Å². The Morgan fingerprint density at radius 2 is 1.87 bits per heavy atom. The van der Waals surface area contributed by atoms with Gasteiger partial charge in [-0.25, -0.2) is 4.39 Å². The summed E-state index contributed by atoms with van der Waals surface area (Å²) in [5.41, 5.74) is 3.05. The molecular weight excluding hydrogens is 397 g/mol. The van der Waals surface area contributed by atoms with Gasteiger partial charge in [-0.05, 0) is 67.6 Å². The summed E-state index contributed by atoms with van der Waals surface area (Å²) >= 11 is 6.17. The van der Waals surface area contributed by atoms with Gasteiger partial charge in [0.25, 0.3) is 0 Å². The molecule has 0 aromatic heterocycles. The monoisotopic (exact) mass is 423 g/mol. The maximum absolute atomic E-state index is 14.1. The molecule has 0 unspecified atom stereocenters. The summed E-state index contributed by atoms with van der Waals surface area (Å²) in [6.45, 7) is 1.74. The first-order chi connectivity index (χ1) is 14.7. The fourth-order valence-electron chi connectivity index (χ4n) is 4.05. The Labute approximate surface area is 182 Å². The molecule has 30 heavy (non-hydrogen) atoms. The molecule has 0 spiro atoms. The molecule has 3 aromatic carbocycles. The zero-order chi connectivity index (χ0) is 20.8. The topological polar surface area (TPSA) is 21.3 Å². The third-order valence-corrected chi connectivity index (χ3v) is 6.10. The molecule has 0 saturated carbocycles. The van der Waals surface area contributed by atoms with Gasteiger partial charge in [0.1, 0.15) is 18.2 Å². The van der Waals surface area contributed by atoms with Gasteiger partial charge in [0.05, 0.1) is 5.02 Å². The highest BCUT2D eigenvalue weighted by Crippen LogP contribution is 2.30. The van der Waals surface area contributed by atoms with Crippen molar-refractivity contribution in [1.29, 1.82) is 0 Å². The Balaban J connectivity index is 1.50. The second-order valence-corrected chi connectivity index (χ2v) is 8.19. The molecule has 0 saturated heterocycles. The van der Waals surface area contributed by atoms with Crippen molar-refractivity contribution >= 4 is 22.4 Å². The lowest BCUT2D eigenvalue weighted by Gasteiger charge is -2.17. The van der Waals surface area contributed by atoms with Crippen molar-refractivity contribution in [3.05, 3.63) is 88.2 Å². The number of ether oxygens (including phenoxy) is 1. The fourth-order valence-corrected chi connectivity index (χ4v) is 4.27. The maximum atomic E-state index is 14.1. The summed E-state index contributed by atoms with van der Waals surface area (Å²) in [7, 11) is 0. The molecule has 0 bridgehead atoms. The highest BCUT2D eigenvalue weighted by Gasteiger charge is 2.12. The van der Waals surface area contributed by atoms with Crippen LogP contribution in [0.15, 0.2) is 66.2 Å². The molecule has 1 aliphatic rings. The van der Waals surface area contributed by atoms with Crippen LogP contribution in [0.1, 0.15) is 43.2 Å². The normalized spacial score (nSPS) is 14.0. The number of hydrogen-bond donors (Lipinski definition) is 1. The summed E-state index contributed by atoms with van der Waals surface area (Å²) in [6.07, 6.45) is 8.57. The SMILES string of the molecule is Fc1cccc(Cl)c1COc1ccc2ccccc2c1CNCCC1=CCCCC1. The maximum Gasteiger partial charge on any atom is 0.131 e. The summed E-state index contributed by atoms with van der Waals surface area (Å²) < 4.78 is 20.2. The Kier molecular flexibility index (Phi) is 7.03. The van der Waals surface area contributed by atoms with Crippen molar-refractivity contribution in [1.82, 2.24) is 5.32 Å². The number of fused-ring (bicyclic) bond motifs is 1. The molecular formula is C26H27ClFNO. The van der Waals surface area contributed by atoms with Crippen molar-refractivity contribution in [2.24, 2.45) is 0 Å². The molecule has 0 heterocycles. The van der Waals surface area contributed by atoms with E-state index in [4.69, 9.17) is 16.3 Å². The number of benzene rings is 3. The largest absolute Gasteiger partial charge is 0.488 e. The Bertz CT molecular complexity index is 1030. The molecule has 1 N–H and O–H groups in total. The van der Waals surface area contributed by atoms with E-state index < -0.39 is 0 Å². The number of allylic oxidation sites excluding steroid dienone is 1. The number of hydrogen-bond acceptors (Lipinski definition) is 2. The average molecular weight is 424 g/mol. The number of nitrogens with one attached hydrogen (secondary N) is 1. The van der Waals surface area contributed by atoms with E-state index in [9.17, 15) is 4.39 Å². The lowest BCUT2D eigenvalue weighted by atomic mass is 9.97. The summed E-state index contributed by atoms with van der Waals surface area (Å²) in [5, 5.41) is 6.29. The van der Waals surface area contributed by atoms with Crippen LogP contribution < -0.4 is 10.1 Å².